The van der Waals surface area contributed by atoms with E-state index in [9.17, 15) is 0 Å². The fourth-order valence-corrected chi connectivity index (χ4v) is 1.62. The van der Waals surface area contributed by atoms with E-state index in [2.05, 4.69) is 11.4 Å². The number of nitriles is 1. The van der Waals surface area contributed by atoms with E-state index in [4.69, 9.17) is 15.7 Å². The molecule has 1 atom stereocenters. The number of benzene rings is 1. The lowest BCUT2D eigenvalue weighted by Gasteiger charge is -2.27. The van der Waals surface area contributed by atoms with Crippen LogP contribution in [0.1, 0.15) is 12.8 Å². The van der Waals surface area contributed by atoms with Crippen molar-refractivity contribution in [3.05, 3.63) is 18.2 Å². The molecule has 0 radical (unpaired) electrons. The highest BCUT2D eigenvalue weighted by Gasteiger charge is 2.18. The number of fused-ring (bicyclic) bond motifs is 1. The van der Waals surface area contributed by atoms with Crippen LogP contribution in [0.5, 0.6) is 5.75 Å². The number of anilines is 2. The largest absolute Gasteiger partial charge is 0.489 e. The molecule has 0 aliphatic carbocycles. The zero-order valence-corrected chi connectivity index (χ0v) is 8.36. The molecule has 4 nitrogen and oxygen atoms in total. The average molecular weight is 203 g/mol. The molecule has 0 saturated heterocycles. The van der Waals surface area contributed by atoms with Crippen LogP contribution in [0.25, 0.3) is 0 Å². The summed E-state index contributed by atoms with van der Waals surface area (Å²) in [5, 5.41) is 11.8. The van der Waals surface area contributed by atoms with Crippen LogP contribution in [0.4, 0.5) is 11.4 Å². The maximum Gasteiger partial charge on any atom is 0.144 e. The maximum atomic E-state index is 8.49. The van der Waals surface area contributed by atoms with Crippen LogP contribution in [0.2, 0.25) is 0 Å². The normalized spacial score (nSPS) is 18.2. The molecule has 0 amide bonds. The first-order valence-corrected chi connectivity index (χ1v) is 4.95. The number of rotatable bonds is 2. The second-order valence-corrected chi connectivity index (χ2v) is 3.60. The Kier molecular flexibility index (Phi) is 2.64. The predicted molar refractivity (Wildman–Crippen MR) is 58.6 cm³/mol. The predicted octanol–water partition coefficient (Wildman–Crippen LogP) is 1.75. The molecule has 15 heavy (non-hydrogen) atoms. The second kappa shape index (κ2) is 4.09. The zero-order chi connectivity index (χ0) is 10.7. The molecule has 1 aromatic carbocycles. The molecule has 2 rings (SSSR count). The number of nitrogen functional groups attached to an aromatic ring is 1. The average Bonchev–Trinajstić information content (AvgIpc) is 2.26. The minimum absolute atomic E-state index is 0.223. The first kappa shape index (κ1) is 9.66. The highest BCUT2D eigenvalue weighted by atomic mass is 16.5. The Bertz CT molecular complexity index is 397. The molecule has 1 aliphatic heterocycles. The van der Waals surface area contributed by atoms with E-state index >= 15 is 0 Å². The fraction of sp³-hybridized carbons (Fsp3) is 0.364. The molecular weight excluding hydrogens is 190 g/mol. The van der Waals surface area contributed by atoms with Gasteiger partial charge in [0.15, 0.2) is 0 Å². The van der Waals surface area contributed by atoms with Gasteiger partial charge in [0.1, 0.15) is 12.4 Å². The van der Waals surface area contributed by atoms with Gasteiger partial charge in [-0.05, 0) is 18.6 Å². The lowest BCUT2D eigenvalue weighted by molar-refractivity contribution is 0.279. The van der Waals surface area contributed by atoms with Crippen molar-refractivity contribution in [1.29, 1.82) is 5.26 Å². The van der Waals surface area contributed by atoms with Crippen LogP contribution in [0, 0.1) is 11.3 Å². The number of ether oxygens (including phenoxy) is 1. The van der Waals surface area contributed by atoms with Gasteiger partial charge < -0.3 is 15.8 Å². The Balaban J connectivity index is 2.07. The van der Waals surface area contributed by atoms with Gasteiger partial charge in [0.2, 0.25) is 0 Å². The Morgan fingerprint density at radius 3 is 3.27 bits per heavy atom. The molecule has 1 aliphatic rings. The molecule has 4 heteroatoms. The molecule has 78 valence electrons. The summed E-state index contributed by atoms with van der Waals surface area (Å²) in [6.45, 7) is 0.595. The van der Waals surface area contributed by atoms with Gasteiger partial charge in [0.25, 0.3) is 0 Å². The summed E-state index contributed by atoms with van der Waals surface area (Å²) >= 11 is 0. The fourth-order valence-electron chi connectivity index (χ4n) is 1.62. The van der Waals surface area contributed by atoms with E-state index in [0.717, 1.165) is 17.9 Å². The van der Waals surface area contributed by atoms with E-state index in [0.29, 0.717) is 18.7 Å². The van der Waals surface area contributed by atoms with Crippen LogP contribution >= 0.6 is 0 Å². The van der Waals surface area contributed by atoms with Crippen molar-refractivity contribution < 1.29 is 4.74 Å². The monoisotopic (exact) mass is 203 g/mol. The minimum Gasteiger partial charge on any atom is -0.489 e. The molecule has 3 N–H and O–H groups in total. The summed E-state index contributed by atoms with van der Waals surface area (Å²) in [6, 6.07) is 7.90. The number of nitrogens with zero attached hydrogens (tertiary/aromatic N) is 1. The van der Waals surface area contributed by atoms with Crippen molar-refractivity contribution in [2.24, 2.45) is 0 Å². The molecule has 0 aromatic heterocycles. The molecule has 0 spiro atoms. The minimum atomic E-state index is 0.223. The van der Waals surface area contributed by atoms with Crippen molar-refractivity contribution >= 4 is 11.4 Å². The Morgan fingerprint density at radius 2 is 2.47 bits per heavy atom. The Hall–Kier alpha value is -1.89. The van der Waals surface area contributed by atoms with Crippen LogP contribution in [0.3, 0.4) is 0 Å². The lowest BCUT2D eigenvalue weighted by Crippen LogP contribution is -2.31. The molecule has 1 aromatic rings. The molecule has 0 fully saturated rings. The third-order valence-corrected chi connectivity index (χ3v) is 2.41. The summed E-state index contributed by atoms with van der Waals surface area (Å²) in [5.74, 6) is 0.795. The zero-order valence-electron chi connectivity index (χ0n) is 8.36. The van der Waals surface area contributed by atoms with Gasteiger partial charge in [-0.1, -0.05) is 0 Å². The van der Waals surface area contributed by atoms with Crippen molar-refractivity contribution in [1.82, 2.24) is 0 Å². The molecule has 1 heterocycles. The maximum absolute atomic E-state index is 8.49. The van der Waals surface area contributed by atoms with Crippen LogP contribution < -0.4 is 15.8 Å². The highest BCUT2D eigenvalue weighted by molar-refractivity contribution is 5.63. The van der Waals surface area contributed by atoms with Crippen LogP contribution in [-0.2, 0) is 0 Å². The number of nitrogens with one attached hydrogen (secondary N) is 1. The van der Waals surface area contributed by atoms with Gasteiger partial charge >= 0.3 is 0 Å². The van der Waals surface area contributed by atoms with E-state index < -0.39 is 0 Å². The Morgan fingerprint density at radius 1 is 1.60 bits per heavy atom. The third kappa shape index (κ3) is 2.13. The number of nitrogens with two attached hydrogens (primary N) is 1. The SMILES string of the molecule is N#CCCC1COc2cc(N)ccc2N1. The summed E-state index contributed by atoms with van der Waals surface area (Å²) < 4.78 is 5.56. The topological polar surface area (TPSA) is 71.1 Å². The first-order valence-electron chi connectivity index (χ1n) is 4.95. The van der Waals surface area contributed by atoms with Crippen molar-refractivity contribution in [3.63, 3.8) is 0 Å². The van der Waals surface area contributed by atoms with Gasteiger partial charge in [0, 0.05) is 18.2 Å². The van der Waals surface area contributed by atoms with E-state index in [1.807, 2.05) is 18.2 Å². The summed E-state index contributed by atoms with van der Waals surface area (Å²) in [5.41, 5.74) is 7.30. The van der Waals surface area contributed by atoms with E-state index in [-0.39, 0.29) is 6.04 Å². The van der Waals surface area contributed by atoms with Crippen LogP contribution in [-0.4, -0.2) is 12.6 Å². The van der Waals surface area contributed by atoms with Gasteiger partial charge in [-0.3, -0.25) is 0 Å². The lowest BCUT2D eigenvalue weighted by atomic mass is 10.1. The van der Waals surface area contributed by atoms with Crippen molar-refractivity contribution in [2.75, 3.05) is 17.7 Å². The number of hydrogen-bond donors (Lipinski definition) is 2. The summed E-state index contributed by atoms with van der Waals surface area (Å²) in [7, 11) is 0. The molecule has 0 saturated carbocycles. The highest BCUT2D eigenvalue weighted by Crippen LogP contribution is 2.31. The standard InChI is InChI=1S/C11H13N3O/c12-5-1-2-9-7-15-11-6-8(13)3-4-10(11)14-9/h3-4,6,9,14H,1-2,7,13H2. The van der Waals surface area contributed by atoms with Crippen molar-refractivity contribution in [2.45, 2.75) is 18.9 Å². The van der Waals surface area contributed by atoms with Crippen LogP contribution in [0.15, 0.2) is 18.2 Å². The molecule has 0 bridgehead atoms. The van der Waals surface area contributed by atoms with Gasteiger partial charge in [0.05, 0.1) is 17.8 Å². The Labute approximate surface area is 88.6 Å². The summed E-state index contributed by atoms with van der Waals surface area (Å²) in [4.78, 5) is 0. The quantitative estimate of drug-likeness (QED) is 0.718. The molecular formula is C11H13N3O. The summed E-state index contributed by atoms with van der Waals surface area (Å²) in [6.07, 6.45) is 1.35. The van der Waals surface area contributed by atoms with E-state index in [1.165, 1.54) is 0 Å². The van der Waals surface area contributed by atoms with Gasteiger partial charge in [-0.25, -0.2) is 0 Å². The molecule has 1 unspecified atom stereocenters. The van der Waals surface area contributed by atoms with Gasteiger partial charge in [-0.2, -0.15) is 5.26 Å². The van der Waals surface area contributed by atoms with Crippen molar-refractivity contribution in [3.8, 4) is 11.8 Å². The first-order chi connectivity index (χ1) is 7.29. The number of hydrogen-bond acceptors (Lipinski definition) is 4. The van der Waals surface area contributed by atoms with E-state index in [1.54, 1.807) is 0 Å². The van der Waals surface area contributed by atoms with Gasteiger partial charge in [-0.15, -0.1) is 0 Å². The second-order valence-electron chi connectivity index (χ2n) is 3.60. The third-order valence-electron chi connectivity index (χ3n) is 2.41. The smallest absolute Gasteiger partial charge is 0.144 e.